The second kappa shape index (κ2) is 7.78. The zero-order valence-corrected chi connectivity index (χ0v) is 16.2. The summed E-state index contributed by atoms with van der Waals surface area (Å²) in [5.41, 5.74) is 0.0602. The van der Waals surface area contributed by atoms with E-state index in [0.29, 0.717) is 11.4 Å². The van der Waals surface area contributed by atoms with E-state index < -0.39 is 11.2 Å². The maximum absolute atomic E-state index is 13.1. The Morgan fingerprint density at radius 2 is 1.87 bits per heavy atom. The van der Waals surface area contributed by atoms with Gasteiger partial charge in [0.15, 0.2) is 5.65 Å². The Labute approximate surface area is 170 Å². The molecule has 0 aliphatic heterocycles. The molecule has 0 bridgehead atoms. The number of anilines is 1. The molecule has 2 N–H and O–H groups in total. The Morgan fingerprint density at radius 1 is 1.13 bits per heavy atom. The fourth-order valence-electron chi connectivity index (χ4n) is 3.13. The molecule has 0 unspecified atom stereocenters. The van der Waals surface area contributed by atoms with Gasteiger partial charge >= 0.3 is 5.69 Å². The molecular weight excluding hydrogens is 389 g/mol. The van der Waals surface area contributed by atoms with Gasteiger partial charge in [-0.15, -0.1) is 0 Å². The molecule has 0 saturated carbocycles. The third-order valence-electron chi connectivity index (χ3n) is 4.69. The Kier molecular flexibility index (Phi) is 5.01. The second-order valence-electron chi connectivity index (χ2n) is 6.62. The fourth-order valence-corrected chi connectivity index (χ4v) is 3.13. The molecule has 4 rings (SSSR count). The first-order chi connectivity index (χ1) is 14.5. The van der Waals surface area contributed by atoms with Crippen LogP contribution in [0.25, 0.3) is 16.7 Å². The van der Waals surface area contributed by atoms with Gasteiger partial charge in [0.1, 0.15) is 17.0 Å². The maximum Gasteiger partial charge on any atom is 0.334 e. The van der Waals surface area contributed by atoms with Crippen molar-refractivity contribution in [2.24, 2.45) is 0 Å². The van der Waals surface area contributed by atoms with Crippen molar-refractivity contribution < 1.29 is 9.13 Å². The number of methoxy groups -OCH3 is 1. The van der Waals surface area contributed by atoms with Gasteiger partial charge in [0, 0.05) is 6.20 Å². The highest BCUT2D eigenvalue weighted by atomic mass is 19.1. The molecule has 152 valence electrons. The van der Waals surface area contributed by atoms with Crippen molar-refractivity contribution in [2.45, 2.75) is 13.0 Å². The van der Waals surface area contributed by atoms with E-state index in [1.807, 2.05) is 6.92 Å². The monoisotopic (exact) mass is 407 g/mol. The predicted octanol–water partition coefficient (Wildman–Crippen LogP) is 2.79. The van der Waals surface area contributed by atoms with Gasteiger partial charge in [-0.1, -0.05) is 24.3 Å². The lowest BCUT2D eigenvalue weighted by molar-refractivity contribution is 0.412. The van der Waals surface area contributed by atoms with Crippen LogP contribution in [-0.4, -0.2) is 26.6 Å². The van der Waals surface area contributed by atoms with Crippen LogP contribution in [0.1, 0.15) is 18.5 Å². The molecule has 4 aromatic rings. The van der Waals surface area contributed by atoms with E-state index >= 15 is 0 Å². The number of benzene rings is 2. The number of para-hydroxylation sites is 2. The van der Waals surface area contributed by atoms with Crippen LogP contribution in [0, 0.1) is 5.82 Å². The summed E-state index contributed by atoms with van der Waals surface area (Å²) in [7, 11) is 1.46. The van der Waals surface area contributed by atoms with Crippen LogP contribution in [0.5, 0.6) is 5.75 Å². The summed E-state index contributed by atoms with van der Waals surface area (Å²) in [5.74, 6) is 0.290. The number of aromatic nitrogens is 4. The van der Waals surface area contributed by atoms with Crippen LogP contribution in [0.2, 0.25) is 0 Å². The number of halogens is 1. The van der Waals surface area contributed by atoms with Crippen LogP contribution < -0.4 is 21.3 Å². The van der Waals surface area contributed by atoms with Gasteiger partial charge in [0.25, 0.3) is 5.56 Å². The first-order valence-corrected chi connectivity index (χ1v) is 9.15. The van der Waals surface area contributed by atoms with Crippen molar-refractivity contribution in [1.82, 2.24) is 19.5 Å². The Hall–Kier alpha value is -4.01. The molecule has 9 heteroatoms. The smallest absolute Gasteiger partial charge is 0.334 e. The minimum atomic E-state index is -0.645. The van der Waals surface area contributed by atoms with Crippen LogP contribution in [-0.2, 0) is 0 Å². The summed E-state index contributed by atoms with van der Waals surface area (Å²) in [6.07, 6.45) is 1.35. The van der Waals surface area contributed by atoms with Crippen molar-refractivity contribution >= 4 is 17.0 Å². The normalized spacial score (nSPS) is 12.0. The number of H-pyrrole nitrogens is 1. The molecule has 0 amide bonds. The highest BCUT2D eigenvalue weighted by molar-refractivity contribution is 5.74. The van der Waals surface area contributed by atoms with Crippen molar-refractivity contribution in [3.05, 3.63) is 86.9 Å². The molecule has 0 fully saturated rings. The highest BCUT2D eigenvalue weighted by Crippen LogP contribution is 2.20. The van der Waals surface area contributed by atoms with Crippen molar-refractivity contribution in [3.63, 3.8) is 0 Å². The number of nitrogens with one attached hydrogen (secondary N) is 2. The van der Waals surface area contributed by atoms with Gasteiger partial charge < -0.3 is 10.1 Å². The molecule has 0 spiro atoms. The van der Waals surface area contributed by atoms with Gasteiger partial charge in [0.2, 0.25) is 5.95 Å². The molecule has 2 heterocycles. The Bertz CT molecular complexity index is 1330. The van der Waals surface area contributed by atoms with E-state index in [1.165, 1.54) is 25.4 Å². The number of nitrogens with zero attached hydrogens (tertiary/aromatic N) is 3. The van der Waals surface area contributed by atoms with Gasteiger partial charge in [-0.2, -0.15) is 4.98 Å². The van der Waals surface area contributed by atoms with Crippen LogP contribution in [0.15, 0.2) is 64.3 Å². The molecule has 0 radical (unpaired) electrons. The van der Waals surface area contributed by atoms with E-state index in [4.69, 9.17) is 4.74 Å². The summed E-state index contributed by atoms with van der Waals surface area (Å²) in [4.78, 5) is 36.7. The molecule has 2 aromatic heterocycles. The molecule has 0 aliphatic rings. The number of ether oxygens (including phenoxy) is 1. The largest absolute Gasteiger partial charge is 0.495 e. The molecule has 0 saturated heterocycles. The topological polar surface area (TPSA) is 102 Å². The van der Waals surface area contributed by atoms with E-state index in [2.05, 4.69) is 20.3 Å². The average molecular weight is 407 g/mol. The van der Waals surface area contributed by atoms with Crippen molar-refractivity contribution in [1.29, 1.82) is 0 Å². The third-order valence-corrected chi connectivity index (χ3v) is 4.69. The van der Waals surface area contributed by atoms with E-state index in [-0.39, 0.29) is 28.8 Å². The molecule has 30 heavy (non-hydrogen) atoms. The molecule has 1 atom stereocenters. The van der Waals surface area contributed by atoms with E-state index in [0.717, 1.165) is 10.1 Å². The summed E-state index contributed by atoms with van der Waals surface area (Å²) in [5, 5.41) is 3.23. The summed E-state index contributed by atoms with van der Waals surface area (Å²) in [6.45, 7) is 1.86. The highest BCUT2D eigenvalue weighted by Gasteiger charge is 2.15. The lowest BCUT2D eigenvalue weighted by atomic mass is 10.1. The Morgan fingerprint density at radius 3 is 2.60 bits per heavy atom. The zero-order chi connectivity index (χ0) is 21.3. The predicted molar refractivity (Wildman–Crippen MR) is 111 cm³/mol. The maximum atomic E-state index is 13.1. The molecule has 0 aliphatic carbocycles. The minimum absolute atomic E-state index is 0.111. The quantitative estimate of drug-likeness (QED) is 0.528. The third kappa shape index (κ3) is 3.52. The minimum Gasteiger partial charge on any atom is -0.495 e. The van der Waals surface area contributed by atoms with E-state index in [1.54, 1.807) is 36.4 Å². The van der Waals surface area contributed by atoms with Gasteiger partial charge in [-0.3, -0.25) is 9.78 Å². The summed E-state index contributed by atoms with van der Waals surface area (Å²) in [6, 6.07) is 12.5. The number of fused-ring (bicyclic) bond motifs is 1. The average Bonchev–Trinajstić information content (AvgIpc) is 2.74. The fraction of sp³-hybridized carbons (Fsp3) is 0.143. The standard InChI is InChI=1S/C21H18FN5O3/c1-12(13-7-9-14(22)10-8-13)24-20-23-11-15-18(25-20)26-21(29)27(19(15)28)16-5-3-4-6-17(16)30-2/h3-12H,1-2H3,(H2,23,24,25,26,29)/t12-/m1/s1. The number of hydrogen-bond donors (Lipinski definition) is 2. The van der Waals surface area contributed by atoms with Crippen molar-refractivity contribution in [3.8, 4) is 11.4 Å². The number of rotatable bonds is 5. The van der Waals surface area contributed by atoms with Crippen LogP contribution in [0.3, 0.4) is 0 Å². The van der Waals surface area contributed by atoms with Crippen LogP contribution in [0.4, 0.5) is 10.3 Å². The zero-order valence-electron chi connectivity index (χ0n) is 16.2. The van der Waals surface area contributed by atoms with Gasteiger partial charge in [0.05, 0.1) is 18.8 Å². The summed E-state index contributed by atoms with van der Waals surface area (Å²) >= 11 is 0. The summed E-state index contributed by atoms with van der Waals surface area (Å²) < 4.78 is 19.4. The molecule has 8 nitrogen and oxygen atoms in total. The second-order valence-corrected chi connectivity index (χ2v) is 6.62. The lowest BCUT2D eigenvalue weighted by Gasteiger charge is -2.14. The SMILES string of the molecule is COc1ccccc1-n1c(=O)[nH]c2nc(N[C@H](C)c3ccc(F)cc3)ncc2c1=O. The molecular formula is C21H18FN5O3. The van der Waals surface area contributed by atoms with Gasteiger partial charge in [-0.05, 0) is 36.8 Å². The van der Waals surface area contributed by atoms with Gasteiger partial charge in [-0.25, -0.2) is 18.7 Å². The Balaban J connectivity index is 1.74. The molecule has 2 aromatic carbocycles. The number of hydrogen-bond acceptors (Lipinski definition) is 6. The van der Waals surface area contributed by atoms with Crippen LogP contribution >= 0.6 is 0 Å². The van der Waals surface area contributed by atoms with E-state index in [9.17, 15) is 14.0 Å². The first kappa shape index (κ1) is 19.3. The lowest BCUT2D eigenvalue weighted by Crippen LogP contribution is -2.34. The first-order valence-electron chi connectivity index (χ1n) is 9.15. The van der Waals surface area contributed by atoms with Crippen molar-refractivity contribution in [2.75, 3.05) is 12.4 Å². The number of aromatic amines is 1.